The van der Waals surface area contributed by atoms with Crippen molar-refractivity contribution in [3.8, 4) is 0 Å². The summed E-state index contributed by atoms with van der Waals surface area (Å²) in [4.78, 5) is 24.8. The van der Waals surface area contributed by atoms with Gasteiger partial charge in [0.2, 0.25) is 0 Å². The maximum absolute atomic E-state index is 12.3. The first-order chi connectivity index (χ1) is 8.90. The highest BCUT2D eigenvalue weighted by Crippen LogP contribution is 2.26. The summed E-state index contributed by atoms with van der Waals surface area (Å²) in [7, 11) is 0. The van der Waals surface area contributed by atoms with Gasteiger partial charge in [-0.2, -0.15) is 0 Å². The number of nitrogens with two attached hydrogens (primary N) is 1. The number of amides is 1. The van der Waals surface area contributed by atoms with Gasteiger partial charge in [0, 0.05) is 18.7 Å². The summed E-state index contributed by atoms with van der Waals surface area (Å²) in [6.45, 7) is 2.51. The molecule has 6 heteroatoms. The van der Waals surface area contributed by atoms with E-state index in [1.807, 2.05) is 6.92 Å². The Balaban J connectivity index is 2.17. The Hall–Kier alpha value is -1.75. The summed E-state index contributed by atoms with van der Waals surface area (Å²) in [6, 6.07) is 4.68. The van der Waals surface area contributed by atoms with Crippen LogP contribution < -0.4 is 5.73 Å². The highest BCUT2D eigenvalue weighted by atomic mass is 35.5. The van der Waals surface area contributed by atoms with Gasteiger partial charge in [-0.3, -0.25) is 9.59 Å². The second-order valence-electron chi connectivity index (χ2n) is 4.87. The van der Waals surface area contributed by atoms with E-state index in [1.165, 1.54) is 6.07 Å². The molecule has 3 N–H and O–H groups in total. The van der Waals surface area contributed by atoms with E-state index < -0.39 is 11.9 Å². The van der Waals surface area contributed by atoms with Gasteiger partial charge in [0.05, 0.1) is 16.6 Å². The highest BCUT2D eigenvalue weighted by Gasteiger charge is 2.37. The van der Waals surface area contributed by atoms with Crippen LogP contribution in [0.3, 0.4) is 0 Å². The van der Waals surface area contributed by atoms with Crippen LogP contribution in [-0.4, -0.2) is 35.0 Å². The standard InChI is InChI=1S/C13H15ClN2O3/c1-7-5-16(6-9(7)13(18)19)12(17)8-2-3-10(14)11(15)4-8/h2-4,7,9H,5-6,15H2,1H3,(H,18,19)/t7-,9-/m1/s1. The summed E-state index contributed by atoms with van der Waals surface area (Å²) in [5.41, 5.74) is 6.44. The SMILES string of the molecule is C[C@@H]1CN(C(=O)c2ccc(Cl)c(N)c2)C[C@H]1C(=O)O. The molecule has 0 bridgehead atoms. The number of likely N-dealkylation sites (tertiary alicyclic amines) is 1. The maximum Gasteiger partial charge on any atom is 0.308 e. The van der Waals surface area contributed by atoms with Crippen molar-refractivity contribution >= 4 is 29.2 Å². The lowest BCUT2D eigenvalue weighted by molar-refractivity contribution is -0.142. The summed E-state index contributed by atoms with van der Waals surface area (Å²) in [5.74, 6) is -1.63. The number of carbonyl (C=O) groups excluding carboxylic acids is 1. The number of carbonyl (C=O) groups is 2. The average Bonchev–Trinajstić information content (AvgIpc) is 2.74. The van der Waals surface area contributed by atoms with E-state index in [9.17, 15) is 9.59 Å². The number of hydrogen-bond acceptors (Lipinski definition) is 3. The molecule has 0 saturated carbocycles. The number of anilines is 1. The van der Waals surface area contributed by atoms with Crippen LogP contribution in [0.1, 0.15) is 17.3 Å². The largest absolute Gasteiger partial charge is 0.481 e. The normalized spacial score (nSPS) is 22.5. The molecule has 0 spiro atoms. The molecule has 1 aromatic rings. The number of hydrogen-bond donors (Lipinski definition) is 2. The Morgan fingerprint density at radius 1 is 1.42 bits per heavy atom. The molecule has 2 rings (SSSR count). The molecule has 1 saturated heterocycles. The number of nitrogens with zero attached hydrogens (tertiary/aromatic N) is 1. The molecule has 102 valence electrons. The molecule has 2 atom stereocenters. The molecule has 0 aliphatic carbocycles. The van der Waals surface area contributed by atoms with E-state index in [-0.39, 0.29) is 18.4 Å². The predicted molar refractivity (Wildman–Crippen MR) is 72.1 cm³/mol. The van der Waals surface area contributed by atoms with Crippen LogP contribution in [0.15, 0.2) is 18.2 Å². The molecular weight excluding hydrogens is 268 g/mol. The first-order valence-corrected chi connectivity index (χ1v) is 6.35. The molecule has 1 aromatic carbocycles. The third kappa shape index (κ3) is 2.66. The van der Waals surface area contributed by atoms with Crippen LogP contribution in [0.5, 0.6) is 0 Å². The third-order valence-electron chi connectivity index (χ3n) is 3.46. The second-order valence-corrected chi connectivity index (χ2v) is 5.28. The smallest absolute Gasteiger partial charge is 0.308 e. The fourth-order valence-corrected chi connectivity index (χ4v) is 2.43. The van der Waals surface area contributed by atoms with Crippen molar-refractivity contribution in [1.29, 1.82) is 0 Å². The molecule has 0 unspecified atom stereocenters. The van der Waals surface area contributed by atoms with Crippen molar-refractivity contribution < 1.29 is 14.7 Å². The van der Waals surface area contributed by atoms with Gasteiger partial charge in [0.25, 0.3) is 5.91 Å². The lowest BCUT2D eigenvalue weighted by Crippen LogP contribution is -2.30. The number of rotatable bonds is 2. The van der Waals surface area contributed by atoms with Crippen molar-refractivity contribution in [3.63, 3.8) is 0 Å². The van der Waals surface area contributed by atoms with E-state index in [2.05, 4.69) is 0 Å². The van der Waals surface area contributed by atoms with Gasteiger partial charge in [-0.15, -0.1) is 0 Å². The Morgan fingerprint density at radius 3 is 2.63 bits per heavy atom. The van der Waals surface area contributed by atoms with Gasteiger partial charge < -0.3 is 15.7 Å². The predicted octanol–water partition coefficient (Wildman–Crippen LogP) is 1.71. The zero-order chi connectivity index (χ0) is 14.2. The lowest BCUT2D eigenvalue weighted by Gasteiger charge is -2.16. The number of halogens is 1. The van der Waals surface area contributed by atoms with E-state index in [0.29, 0.717) is 22.8 Å². The molecule has 1 aliphatic heterocycles. The maximum atomic E-state index is 12.3. The minimum absolute atomic E-state index is 0.0499. The number of carboxylic acid groups (broad SMARTS) is 1. The first-order valence-electron chi connectivity index (χ1n) is 5.97. The van der Waals surface area contributed by atoms with E-state index in [0.717, 1.165) is 0 Å². The topological polar surface area (TPSA) is 83.6 Å². The lowest BCUT2D eigenvalue weighted by atomic mass is 9.99. The molecule has 1 heterocycles. The molecule has 1 aliphatic rings. The molecule has 19 heavy (non-hydrogen) atoms. The van der Waals surface area contributed by atoms with Crippen molar-refractivity contribution in [2.75, 3.05) is 18.8 Å². The van der Waals surface area contributed by atoms with Crippen molar-refractivity contribution in [2.24, 2.45) is 11.8 Å². The number of nitrogen functional groups attached to an aromatic ring is 1. The van der Waals surface area contributed by atoms with Crippen LogP contribution in [0.2, 0.25) is 5.02 Å². The molecule has 1 fully saturated rings. The molecule has 5 nitrogen and oxygen atoms in total. The zero-order valence-electron chi connectivity index (χ0n) is 10.5. The number of aliphatic carboxylic acids is 1. The van der Waals surface area contributed by atoms with Crippen molar-refractivity contribution in [2.45, 2.75) is 6.92 Å². The van der Waals surface area contributed by atoms with Gasteiger partial charge in [-0.05, 0) is 24.1 Å². The van der Waals surface area contributed by atoms with Crippen LogP contribution in [0.4, 0.5) is 5.69 Å². The first kappa shape index (κ1) is 13.7. The molecule has 1 amide bonds. The van der Waals surface area contributed by atoms with E-state index in [4.69, 9.17) is 22.4 Å². The Morgan fingerprint density at radius 2 is 2.11 bits per heavy atom. The van der Waals surface area contributed by atoms with Gasteiger partial charge in [0.15, 0.2) is 0 Å². The van der Waals surface area contributed by atoms with Gasteiger partial charge in [0.1, 0.15) is 0 Å². The van der Waals surface area contributed by atoms with Crippen LogP contribution in [0.25, 0.3) is 0 Å². The number of benzene rings is 1. The Labute approximate surface area is 116 Å². The van der Waals surface area contributed by atoms with Crippen molar-refractivity contribution in [1.82, 2.24) is 4.90 Å². The number of carboxylic acids is 1. The zero-order valence-corrected chi connectivity index (χ0v) is 11.2. The second kappa shape index (κ2) is 5.09. The molecular formula is C13H15ClN2O3. The van der Waals surface area contributed by atoms with Gasteiger partial charge in [-0.25, -0.2) is 0 Å². The quantitative estimate of drug-likeness (QED) is 0.809. The van der Waals surface area contributed by atoms with Gasteiger partial charge >= 0.3 is 5.97 Å². The van der Waals surface area contributed by atoms with Crippen LogP contribution in [0, 0.1) is 11.8 Å². The fraction of sp³-hybridized carbons (Fsp3) is 0.385. The monoisotopic (exact) mass is 282 g/mol. The Bertz CT molecular complexity index is 533. The average molecular weight is 283 g/mol. The Kier molecular flexibility index (Phi) is 3.66. The van der Waals surface area contributed by atoms with Crippen LogP contribution >= 0.6 is 11.6 Å². The summed E-state index contributed by atoms with van der Waals surface area (Å²) in [5, 5.41) is 9.46. The van der Waals surface area contributed by atoms with Gasteiger partial charge in [-0.1, -0.05) is 18.5 Å². The molecule has 0 radical (unpaired) electrons. The summed E-state index contributed by atoms with van der Waals surface area (Å²) >= 11 is 5.81. The van der Waals surface area contributed by atoms with E-state index in [1.54, 1.807) is 17.0 Å². The summed E-state index contributed by atoms with van der Waals surface area (Å²) < 4.78 is 0. The summed E-state index contributed by atoms with van der Waals surface area (Å²) in [6.07, 6.45) is 0. The third-order valence-corrected chi connectivity index (χ3v) is 3.80. The minimum Gasteiger partial charge on any atom is -0.481 e. The highest BCUT2D eigenvalue weighted by molar-refractivity contribution is 6.33. The van der Waals surface area contributed by atoms with Crippen LogP contribution in [-0.2, 0) is 4.79 Å². The van der Waals surface area contributed by atoms with E-state index >= 15 is 0 Å². The molecule has 0 aromatic heterocycles. The fourth-order valence-electron chi connectivity index (χ4n) is 2.31. The van der Waals surface area contributed by atoms with Crippen molar-refractivity contribution in [3.05, 3.63) is 28.8 Å². The minimum atomic E-state index is -0.863.